The molecule has 0 saturated heterocycles. The van der Waals surface area contributed by atoms with Crippen molar-refractivity contribution < 1.29 is 4.42 Å². The second-order valence-corrected chi connectivity index (χ2v) is 6.95. The SMILES string of the molecule is CCCNC1CCC(C)CC1Sc1nc(C)c(C)o1. The lowest BCUT2D eigenvalue weighted by molar-refractivity contribution is 0.315. The van der Waals surface area contributed by atoms with Crippen LogP contribution in [0.4, 0.5) is 0 Å². The Morgan fingerprint density at radius 1 is 1.37 bits per heavy atom. The summed E-state index contributed by atoms with van der Waals surface area (Å²) in [6.45, 7) is 9.69. The summed E-state index contributed by atoms with van der Waals surface area (Å²) in [6.07, 6.45) is 5.06. The third-order valence-corrected chi connectivity index (χ3v) is 5.17. The van der Waals surface area contributed by atoms with Crippen LogP contribution in [0.5, 0.6) is 0 Å². The molecule has 3 nitrogen and oxygen atoms in total. The Labute approximate surface area is 120 Å². The molecule has 1 aliphatic rings. The normalized spacial score (nSPS) is 27.7. The molecule has 1 aromatic heterocycles. The van der Waals surface area contributed by atoms with E-state index in [-0.39, 0.29) is 0 Å². The molecule has 1 heterocycles. The molecule has 1 saturated carbocycles. The van der Waals surface area contributed by atoms with Gasteiger partial charge in [0.05, 0.1) is 5.69 Å². The van der Waals surface area contributed by atoms with Crippen molar-refractivity contribution >= 4 is 11.8 Å². The minimum atomic E-state index is 0.591. The predicted molar refractivity (Wildman–Crippen MR) is 80.7 cm³/mol. The first-order chi connectivity index (χ1) is 9.10. The molecule has 0 radical (unpaired) electrons. The molecule has 108 valence electrons. The Hall–Kier alpha value is -0.480. The second-order valence-electron chi connectivity index (χ2n) is 5.76. The number of aryl methyl sites for hydroxylation is 2. The van der Waals surface area contributed by atoms with Crippen LogP contribution in [0.3, 0.4) is 0 Å². The molecule has 0 aliphatic heterocycles. The Kier molecular flexibility index (Phi) is 5.34. The molecule has 0 amide bonds. The van der Waals surface area contributed by atoms with Gasteiger partial charge in [0.15, 0.2) is 0 Å². The molecule has 1 aliphatic carbocycles. The molecule has 2 rings (SSSR count). The third-order valence-electron chi connectivity index (χ3n) is 3.97. The zero-order chi connectivity index (χ0) is 13.8. The van der Waals surface area contributed by atoms with Crippen molar-refractivity contribution in [1.29, 1.82) is 0 Å². The van der Waals surface area contributed by atoms with Crippen molar-refractivity contribution in [3.63, 3.8) is 0 Å². The van der Waals surface area contributed by atoms with Crippen LogP contribution in [0.1, 0.15) is 51.0 Å². The Morgan fingerprint density at radius 2 is 2.16 bits per heavy atom. The molecule has 0 aromatic carbocycles. The fourth-order valence-corrected chi connectivity index (χ4v) is 4.09. The Morgan fingerprint density at radius 3 is 2.79 bits per heavy atom. The molecule has 3 atom stereocenters. The number of hydrogen-bond acceptors (Lipinski definition) is 4. The van der Waals surface area contributed by atoms with Crippen LogP contribution in [0, 0.1) is 19.8 Å². The molecule has 3 unspecified atom stereocenters. The van der Waals surface area contributed by atoms with Crippen LogP contribution in [0.2, 0.25) is 0 Å². The van der Waals surface area contributed by atoms with Crippen molar-refractivity contribution in [2.24, 2.45) is 5.92 Å². The van der Waals surface area contributed by atoms with Gasteiger partial charge in [0, 0.05) is 11.3 Å². The molecule has 1 fully saturated rings. The van der Waals surface area contributed by atoms with Gasteiger partial charge >= 0.3 is 0 Å². The summed E-state index contributed by atoms with van der Waals surface area (Å²) in [5.74, 6) is 1.76. The lowest BCUT2D eigenvalue weighted by Crippen LogP contribution is -2.42. The van der Waals surface area contributed by atoms with Crippen molar-refractivity contribution in [1.82, 2.24) is 10.3 Å². The van der Waals surface area contributed by atoms with Gasteiger partial charge < -0.3 is 9.73 Å². The average Bonchev–Trinajstić information content (AvgIpc) is 2.67. The summed E-state index contributed by atoms with van der Waals surface area (Å²) in [6, 6.07) is 0.605. The van der Waals surface area contributed by atoms with E-state index >= 15 is 0 Å². The molecule has 0 spiro atoms. The van der Waals surface area contributed by atoms with Crippen LogP contribution in [0.15, 0.2) is 9.64 Å². The fraction of sp³-hybridized carbons (Fsp3) is 0.800. The topological polar surface area (TPSA) is 38.1 Å². The van der Waals surface area contributed by atoms with Gasteiger partial charge in [-0.1, -0.05) is 25.6 Å². The maximum atomic E-state index is 5.73. The van der Waals surface area contributed by atoms with Crippen LogP contribution < -0.4 is 5.32 Å². The van der Waals surface area contributed by atoms with Gasteiger partial charge in [-0.15, -0.1) is 0 Å². The number of oxazole rings is 1. The highest BCUT2D eigenvalue weighted by atomic mass is 32.2. The van der Waals surface area contributed by atoms with Gasteiger partial charge in [0.2, 0.25) is 0 Å². The van der Waals surface area contributed by atoms with Gasteiger partial charge in [-0.05, 0) is 52.0 Å². The van der Waals surface area contributed by atoms with Crippen LogP contribution in [-0.2, 0) is 0 Å². The van der Waals surface area contributed by atoms with E-state index in [1.165, 1.54) is 25.7 Å². The van der Waals surface area contributed by atoms with Gasteiger partial charge in [0.1, 0.15) is 5.76 Å². The number of aromatic nitrogens is 1. The summed E-state index contributed by atoms with van der Waals surface area (Å²) in [5.41, 5.74) is 1.02. The standard InChI is InChI=1S/C15H26N2OS/c1-5-8-16-13-7-6-10(2)9-14(13)19-15-17-11(3)12(4)18-15/h10,13-14,16H,5-9H2,1-4H3. The highest BCUT2D eigenvalue weighted by molar-refractivity contribution is 7.99. The molecule has 1 N–H and O–H groups in total. The first kappa shape index (κ1) is 14.9. The van der Waals surface area contributed by atoms with Gasteiger partial charge in [-0.3, -0.25) is 0 Å². The monoisotopic (exact) mass is 282 g/mol. The van der Waals surface area contributed by atoms with Crippen molar-refractivity contribution in [2.45, 2.75) is 69.9 Å². The maximum absolute atomic E-state index is 5.73. The van der Waals surface area contributed by atoms with Crippen molar-refractivity contribution in [3.05, 3.63) is 11.5 Å². The number of nitrogens with zero attached hydrogens (tertiary/aromatic N) is 1. The molecular formula is C15H26N2OS. The molecule has 19 heavy (non-hydrogen) atoms. The first-order valence-corrected chi connectivity index (χ1v) is 8.32. The molecule has 4 heteroatoms. The van der Waals surface area contributed by atoms with E-state index in [9.17, 15) is 0 Å². The zero-order valence-electron chi connectivity index (χ0n) is 12.5. The smallest absolute Gasteiger partial charge is 0.256 e. The minimum Gasteiger partial charge on any atom is -0.437 e. The maximum Gasteiger partial charge on any atom is 0.256 e. The number of nitrogens with one attached hydrogen (secondary N) is 1. The molecular weight excluding hydrogens is 256 g/mol. The summed E-state index contributed by atoms with van der Waals surface area (Å²) < 4.78 is 5.73. The van der Waals surface area contributed by atoms with Gasteiger partial charge in [0.25, 0.3) is 5.22 Å². The largest absolute Gasteiger partial charge is 0.437 e. The third kappa shape index (κ3) is 3.99. The van der Waals surface area contributed by atoms with E-state index in [1.807, 2.05) is 25.6 Å². The molecule has 1 aromatic rings. The fourth-order valence-electron chi connectivity index (χ4n) is 2.65. The van der Waals surface area contributed by atoms with Crippen molar-refractivity contribution in [2.75, 3.05) is 6.54 Å². The van der Waals surface area contributed by atoms with Gasteiger partial charge in [-0.25, -0.2) is 4.98 Å². The van der Waals surface area contributed by atoms with Gasteiger partial charge in [-0.2, -0.15) is 0 Å². The summed E-state index contributed by atoms with van der Waals surface area (Å²) >= 11 is 1.82. The number of rotatable bonds is 5. The average molecular weight is 282 g/mol. The van der Waals surface area contributed by atoms with E-state index in [4.69, 9.17) is 4.42 Å². The first-order valence-electron chi connectivity index (χ1n) is 7.44. The quantitative estimate of drug-likeness (QED) is 0.887. The van der Waals surface area contributed by atoms with E-state index in [0.29, 0.717) is 11.3 Å². The Balaban J connectivity index is 2.00. The summed E-state index contributed by atoms with van der Waals surface area (Å²) in [4.78, 5) is 4.51. The number of thioether (sulfide) groups is 1. The van der Waals surface area contributed by atoms with Crippen molar-refractivity contribution in [3.8, 4) is 0 Å². The second kappa shape index (κ2) is 6.80. The summed E-state index contributed by atoms with van der Waals surface area (Å²) in [5, 5.41) is 5.13. The highest BCUT2D eigenvalue weighted by Crippen LogP contribution is 2.36. The lowest BCUT2D eigenvalue weighted by atomic mass is 9.87. The van der Waals surface area contributed by atoms with Crippen LogP contribution in [0.25, 0.3) is 0 Å². The van der Waals surface area contributed by atoms with Crippen LogP contribution >= 0.6 is 11.8 Å². The number of hydrogen-bond donors (Lipinski definition) is 1. The lowest BCUT2D eigenvalue weighted by Gasteiger charge is -2.34. The van der Waals surface area contributed by atoms with E-state index in [1.54, 1.807) is 0 Å². The molecule has 0 bridgehead atoms. The van der Waals surface area contributed by atoms with Crippen LogP contribution in [-0.4, -0.2) is 22.8 Å². The minimum absolute atomic E-state index is 0.591. The Bertz CT molecular complexity index is 383. The van der Waals surface area contributed by atoms with E-state index in [0.717, 1.165) is 29.1 Å². The zero-order valence-corrected chi connectivity index (χ0v) is 13.3. The predicted octanol–water partition coefficient (Wildman–Crippen LogP) is 3.94. The van der Waals surface area contributed by atoms with E-state index in [2.05, 4.69) is 24.1 Å². The van der Waals surface area contributed by atoms with E-state index < -0.39 is 0 Å². The summed E-state index contributed by atoms with van der Waals surface area (Å²) in [7, 11) is 0. The highest BCUT2D eigenvalue weighted by Gasteiger charge is 2.30.